The monoisotopic (exact) mass is 253 g/mol. The number of nitrogens with zero attached hydrogens (tertiary/aromatic N) is 1. The van der Waals surface area contributed by atoms with Gasteiger partial charge in [-0.25, -0.2) is 0 Å². The first-order valence-corrected chi connectivity index (χ1v) is 6.91. The number of phenols is 1. The average molecular weight is 253 g/mol. The highest BCUT2D eigenvalue weighted by Gasteiger charge is 2.21. The second kappa shape index (κ2) is 5.06. The summed E-state index contributed by atoms with van der Waals surface area (Å²) in [7, 11) is 0. The Balaban J connectivity index is 2.09. The van der Waals surface area contributed by atoms with Crippen molar-refractivity contribution >= 4 is 0 Å². The van der Waals surface area contributed by atoms with Crippen molar-refractivity contribution in [3.63, 3.8) is 0 Å². The minimum absolute atomic E-state index is 0.438. The van der Waals surface area contributed by atoms with E-state index in [-0.39, 0.29) is 0 Å². The standard InChI is InChI=1S/C17H19NO/c1-2-18-11-10-15-14(13-6-4-3-5-7-13)8-9-17(19)16(15)12-18/h3-9,19H,2,10-12H2,1H3. The summed E-state index contributed by atoms with van der Waals surface area (Å²) < 4.78 is 0. The van der Waals surface area contributed by atoms with Gasteiger partial charge in [0.25, 0.3) is 0 Å². The Hall–Kier alpha value is -1.80. The fourth-order valence-electron chi connectivity index (χ4n) is 2.87. The van der Waals surface area contributed by atoms with Gasteiger partial charge in [-0.3, -0.25) is 4.90 Å². The van der Waals surface area contributed by atoms with E-state index in [1.165, 1.54) is 16.7 Å². The second-order valence-electron chi connectivity index (χ2n) is 5.07. The second-order valence-corrected chi connectivity index (χ2v) is 5.07. The third kappa shape index (κ3) is 2.24. The van der Waals surface area contributed by atoms with E-state index in [0.29, 0.717) is 5.75 Å². The van der Waals surface area contributed by atoms with Gasteiger partial charge in [-0.15, -0.1) is 0 Å². The van der Waals surface area contributed by atoms with Crippen LogP contribution >= 0.6 is 0 Å². The van der Waals surface area contributed by atoms with Crippen molar-refractivity contribution in [3.8, 4) is 16.9 Å². The summed E-state index contributed by atoms with van der Waals surface area (Å²) in [6.07, 6.45) is 1.02. The van der Waals surface area contributed by atoms with Gasteiger partial charge >= 0.3 is 0 Å². The largest absolute Gasteiger partial charge is 0.508 e. The average Bonchev–Trinajstić information content (AvgIpc) is 2.48. The molecule has 19 heavy (non-hydrogen) atoms. The highest BCUT2D eigenvalue weighted by atomic mass is 16.3. The zero-order valence-corrected chi connectivity index (χ0v) is 11.3. The molecule has 0 unspecified atom stereocenters. The lowest BCUT2D eigenvalue weighted by atomic mass is 9.90. The Morgan fingerprint density at radius 1 is 1.05 bits per heavy atom. The molecule has 1 N–H and O–H groups in total. The molecule has 2 heteroatoms. The topological polar surface area (TPSA) is 23.5 Å². The molecule has 0 saturated carbocycles. The maximum atomic E-state index is 10.1. The van der Waals surface area contributed by atoms with E-state index in [9.17, 15) is 5.11 Å². The molecule has 0 atom stereocenters. The lowest BCUT2D eigenvalue weighted by Gasteiger charge is -2.29. The van der Waals surface area contributed by atoms with Crippen LogP contribution in [0, 0.1) is 0 Å². The van der Waals surface area contributed by atoms with Gasteiger partial charge in [0.2, 0.25) is 0 Å². The van der Waals surface area contributed by atoms with E-state index in [2.05, 4.69) is 36.1 Å². The molecule has 2 nitrogen and oxygen atoms in total. The molecule has 0 saturated heterocycles. The van der Waals surface area contributed by atoms with Crippen molar-refractivity contribution in [1.29, 1.82) is 0 Å². The summed E-state index contributed by atoms with van der Waals surface area (Å²) in [5, 5.41) is 10.1. The minimum Gasteiger partial charge on any atom is -0.508 e. The molecule has 0 radical (unpaired) electrons. The molecule has 0 bridgehead atoms. The molecular weight excluding hydrogens is 234 g/mol. The first-order chi connectivity index (χ1) is 9.29. The van der Waals surface area contributed by atoms with E-state index in [1.807, 2.05) is 18.2 Å². The normalized spacial score (nSPS) is 15.2. The molecule has 0 aromatic heterocycles. The van der Waals surface area contributed by atoms with E-state index in [1.54, 1.807) is 0 Å². The van der Waals surface area contributed by atoms with Crippen LogP contribution in [-0.4, -0.2) is 23.1 Å². The lowest BCUT2D eigenvalue weighted by Crippen LogP contribution is -2.30. The van der Waals surface area contributed by atoms with Crippen LogP contribution in [0.3, 0.4) is 0 Å². The van der Waals surface area contributed by atoms with Crippen LogP contribution in [0.15, 0.2) is 42.5 Å². The van der Waals surface area contributed by atoms with Crippen molar-refractivity contribution in [2.75, 3.05) is 13.1 Å². The van der Waals surface area contributed by atoms with E-state index >= 15 is 0 Å². The smallest absolute Gasteiger partial charge is 0.120 e. The first-order valence-electron chi connectivity index (χ1n) is 6.91. The molecule has 2 aromatic rings. The van der Waals surface area contributed by atoms with Crippen molar-refractivity contribution in [2.45, 2.75) is 19.9 Å². The molecule has 98 valence electrons. The first kappa shape index (κ1) is 12.2. The Kier molecular flexibility index (Phi) is 3.26. The predicted octanol–water partition coefficient (Wildman–Crippen LogP) is 3.44. The molecule has 2 aromatic carbocycles. The quantitative estimate of drug-likeness (QED) is 0.886. The third-order valence-corrected chi connectivity index (χ3v) is 4.00. The highest BCUT2D eigenvalue weighted by Crippen LogP contribution is 2.35. The van der Waals surface area contributed by atoms with Gasteiger partial charge in [-0.05, 0) is 35.7 Å². The van der Waals surface area contributed by atoms with Crippen LogP contribution in [0.25, 0.3) is 11.1 Å². The van der Waals surface area contributed by atoms with E-state index in [4.69, 9.17) is 0 Å². The molecule has 3 rings (SSSR count). The van der Waals surface area contributed by atoms with Gasteiger partial charge < -0.3 is 5.11 Å². The van der Waals surface area contributed by atoms with Gasteiger partial charge in [-0.2, -0.15) is 0 Å². The van der Waals surface area contributed by atoms with Crippen LogP contribution in [0.2, 0.25) is 0 Å². The number of fused-ring (bicyclic) bond motifs is 1. The fraction of sp³-hybridized carbons (Fsp3) is 0.294. The van der Waals surface area contributed by atoms with Crippen molar-refractivity contribution < 1.29 is 5.11 Å². The summed E-state index contributed by atoms with van der Waals surface area (Å²) in [5.74, 6) is 0.438. The molecule has 1 aliphatic rings. The van der Waals surface area contributed by atoms with Gasteiger partial charge in [0.05, 0.1) is 0 Å². The maximum Gasteiger partial charge on any atom is 0.120 e. The summed E-state index contributed by atoms with van der Waals surface area (Å²) in [4.78, 5) is 2.37. The van der Waals surface area contributed by atoms with E-state index < -0.39 is 0 Å². The molecule has 1 aliphatic heterocycles. The van der Waals surface area contributed by atoms with Crippen LogP contribution in [-0.2, 0) is 13.0 Å². The molecule has 0 spiro atoms. The number of aromatic hydroxyl groups is 1. The Labute approximate surface area is 114 Å². The molecular formula is C17H19NO. The summed E-state index contributed by atoms with van der Waals surface area (Å²) in [6.45, 7) is 5.14. The number of hydrogen-bond donors (Lipinski definition) is 1. The SMILES string of the molecule is CCN1CCc2c(-c3ccccc3)ccc(O)c2C1. The molecule has 0 amide bonds. The van der Waals surface area contributed by atoms with Crippen LogP contribution in [0.5, 0.6) is 5.75 Å². The summed E-state index contributed by atoms with van der Waals surface area (Å²) in [5.41, 5.74) is 4.93. The molecule has 0 fully saturated rings. The Morgan fingerprint density at radius 3 is 2.58 bits per heavy atom. The van der Waals surface area contributed by atoms with Gasteiger partial charge in [0, 0.05) is 18.7 Å². The van der Waals surface area contributed by atoms with Crippen LogP contribution in [0.1, 0.15) is 18.1 Å². The van der Waals surface area contributed by atoms with Crippen LogP contribution in [0.4, 0.5) is 0 Å². The lowest BCUT2D eigenvalue weighted by molar-refractivity contribution is 0.263. The van der Waals surface area contributed by atoms with Crippen molar-refractivity contribution in [1.82, 2.24) is 4.90 Å². The number of phenolic OH excluding ortho intramolecular Hbond substituents is 1. The maximum absolute atomic E-state index is 10.1. The number of hydrogen-bond acceptors (Lipinski definition) is 2. The minimum atomic E-state index is 0.438. The fourth-order valence-corrected chi connectivity index (χ4v) is 2.87. The van der Waals surface area contributed by atoms with Crippen molar-refractivity contribution in [2.24, 2.45) is 0 Å². The number of benzene rings is 2. The summed E-state index contributed by atoms with van der Waals surface area (Å²) >= 11 is 0. The van der Waals surface area contributed by atoms with Gasteiger partial charge in [-0.1, -0.05) is 43.3 Å². The Bertz CT molecular complexity index is 577. The Morgan fingerprint density at radius 2 is 1.84 bits per heavy atom. The predicted molar refractivity (Wildman–Crippen MR) is 78.2 cm³/mol. The zero-order valence-electron chi connectivity index (χ0n) is 11.3. The molecule has 0 aliphatic carbocycles. The van der Waals surface area contributed by atoms with Gasteiger partial charge in [0.1, 0.15) is 5.75 Å². The number of likely N-dealkylation sites (N-methyl/N-ethyl adjacent to an activating group) is 1. The van der Waals surface area contributed by atoms with E-state index in [0.717, 1.165) is 31.6 Å². The highest BCUT2D eigenvalue weighted by molar-refractivity contribution is 5.70. The summed E-state index contributed by atoms with van der Waals surface area (Å²) in [6, 6.07) is 14.3. The van der Waals surface area contributed by atoms with Crippen molar-refractivity contribution in [3.05, 3.63) is 53.6 Å². The molecule has 1 heterocycles. The third-order valence-electron chi connectivity index (χ3n) is 4.00. The van der Waals surface area contributed by atoms with Crippen LogP contribution < -0.4 is 0 Å². The number of rotatable bonds is 2. The van der Waals surface area contributed by atoms with Gasteiger partial charge in [0.15, 0.2) is 0 Å². The zero-order chi connectivity index (χ0) is 13.2.